The highest BCUT2D eigenvalue weighted by Crippen LogP contribution is 2.21. The number of nitrogens with one attached hydrogen (secondary N) is 2. The molecule has 1 aromatic heterocycles. The first kappa shape index (κ1) is 21.6. The van der Waals surface area contributed by atoms with Crippen LogP contribution in [0.5, 0.6) is 0 Å². The van der Waals surface area contributed by atoms with Crippen LogP contribution in [0.25, 0.3) is 0 Å². The molecule has 2 rings (SSSR count). The highest BCUT2D eigenvalue weighted by atomic mass is 32.2. The molecule has 9 heteroatoms. The lowest BCUT2D eigenvalue weighted by atomic mass is 10.1. The SMILES string of the molecule is CCN(CC)S(=O)(=O)c1cc(C(=O)NCCNC(=O)c2ccco2)ccc1C. The van der Waals surface area contributed by atoms with Gasteiger partial charge in [-0.3, -0.25) is 9.59 Å². The van der Waals surface area contributed by atoms with E-state index in [-0.39, 0.29) is 35.2 Å². The van der Waals surface area contributed by atoms with E-state index < -0.39 is 15.9 Å². The van der Waals surface area contributed by atoms with Crippen molar-refractivity contribution in [1.82, 2.24) is 14.9 Å². The average Bonchev–Trinajstić information content (AvgIpc) is 3.20. The second kappa shape index (κ2) is 9.52. The third-order valence-electron chi connectivity index (χ3n) is 4.21. The quantitative estimate of drug-likeness (QED) is 0.616. The highest BCUT2D eigenvalue weighted by molar-refractivity contribution is 7.89. The molecule has 2 aromatic rings. The number of furan rings is 1. The van der Waals surface area contributed by atoms with E-state index in [0.717, 1.165) is 0 Å². The van der Waals surface area contributed by atoms with Gasteiger partial charge in [0, 0.05) is 31.7 Å². The number of carbonyl (C=O) groups is 2. The second-order valence-electron chi connectivity index (χ2n) is 6.06. The number of rotatable bonds is 9. The summed E-state index contributed by atoms with van der Waals surface area (Å²) >= 11 is 0. The molecule has 0 aliphatic carbocycles. The molecule has 1 heterocycles. The highest BCUT2D eigenvalue weighted by Gasteiger charge is 2.24. The lowest BCUT2D eigenvalue weighted by Crippen LogP contribution is -2.35. The Morgan fingerprint density at radius 3 is 2.25 bits per heavy atom. The first-order valence-electron chi connectivity index (χ1n) is 9.02. The van der Waals surface area contributed by atoms with E-state index in [2.05, 4.69) is 10.6 Å². The van der Waals surface area contributed by atoms with Crippen molar-refractivity contribution < 1.29 is 22.4 Å². The number of carbonyl (C=O) groups excluding carboxylic acids is 2. The molecule has 28 heavy (non-hydrogen) atoms. The number of hydrogen-bond acceptors (Lipinski definition) is 5. The Hall–Kier alpha value is -2.65. The molecule has 0 fully saturated rings. The average molecular weight is 407 g/mol. The molecule has 0 spiro atoms. The summed E-state index contributed by atoms with van der Waals surface area (Å²) in [4.78, 5) is 24.2. The van der Waals surface area contributed by atoms with E-state index in [1.807, 2.05) is 0 Å². The Morgan fingerprint density at radius 1 is 1.04 bits per heavy atom. The predicted molar refractivity (Wildman–Crippen MR) is 105 cm³/mol. The van der Waals surface area contributed by atoms with E-state index in [4.69, 9.17) is 4.42 Å². The molecule has 0 saturated carbocycles. The molecule has 0 radical (unpaired) electrons. The first-order valence-corrected chi connectivity index (χ1v) is 10.5. The van der Waals surface area contributed by atoms with E-state index in [9.17, 15) is 18.0 Å². The molecule has 0 aliphatic heterocycles. The molecular weight excluding hydrogens is 382 g/mol. The molecule has 0 atom stereocenters. The Kier molecular flexibility index (Phi) is 7.36. The normalized spacial score (nSPS) is 11.4. The van der Waals surface area contributed by atoms with Crippen LogP contribution in [-0.4, -0.2) is 50.7 Å². The molecule has 0 aliphatic rings. The number of aryl methyl sites for hydroxylation is 1. The molecule has 0 unspecified atom stereocenters. The Morgan fingerprint density at radius 2 is 1.68 bits per heavy atom. The lowest BCUT2D eigenvalue weighted by Gasteiger charge is -2.20. The summed E-state index contributed by atoms with van der Waals surface area (Å²) in [5.74, 6) is -0.596. The topological polar surface area (TPSA) is 109 Å². The largest absolute Gasteiger partial charge is 0.459 e. The third kappa shape index (κ3) is 4.99. The van der Waals surface area contributed by atoms with Gasteiger partial charge in [-0.25, -0.2) is 8.42 Å². The molecule has 8 nitrogen and oxygen atoms in total. The van der Waals surface area contributed by atoms with Crippen LogP contribution in [0.2, 0.25) is 0 Å². The van der Waals surface area contributed by atoms with E-state index >= 15 is 0 Å². The van der Waals surface area contributed by atoms with Crippen molar-refractivity contribution in [2.45, 2.75) is 25.7 Å². The molecule has 2 N–H and O–H groups in total. The van der Waals surface area contributed by atoms with E-state index in [1.165, 1.54) is 22.7 Å². The predicted octanol–water partition coefficient (Wildman–Crippen LogP) is 1.78. The van der Waals surface area contributed by atoms with Gasteiger partial charge in [0.05, 0.1) is 11.2 Å². The Labute approximate surface area is 165 Å². The van der Waals surface area contributed by atoms with Crippen LogP contribution in [-0.2, 0) is 10.0 Å². The van der Waals surface area contributed by atoms with Gasteiger partial charge in [0.2, 0.25) is 10.0 Å². The molecule has 0 bridgehead atoms. The van der Waals surface area contributed by atoms with Gasteiger partial charge in [-0.2, -0.15) is 4.31 Å². The summed E-state index contributed by atoms with van der Waals surface area (Å²) in [7, 11) is -3.66. The summed E-state index contributed by atoms with van der Waals surface area (Å²) in [6.07, 6.45) is 1.40. The lowest BCUT2D eigenvalue weighted by molar-refractivity contribution is 0.0910. The van der Waals surface area contributed by atoms with Gasteiger partial charge in [0.1, 0.15) is 0 Å². The van der Waals surface area contributed by atoms with Crippen molar-refractivity contribution >= 4 is 21.8 Å². The van der Waals surface area contributed by atoms with Crippen LogP contribution in [0.4, 0.5) is 0 Å². The first-order chi connectivity index (χ1) is 13.3. The minimum absolute atomic E-state index is 0.120. The minimum atomic E-state index is -3.66. The fourth-order valence-electron chi connectivity index (χ4n) is 2.67. The van der Waals surface area contributed by atoms with E-state index in [1.54, 1.807) is 39.0 Å². The summed E-state index contributed by atoms with van der Waals surface area (Å²) in [5.41, 5.74) is 0.822. The van der Waals surface area contributed by atoms with Crippen LogP contribution < -0.4 is 10.6 Å². The van der Waals surface area contributed by atoms with Crippen LogP contribution in [0.15, 0.2) is 45.9 Å². The van der Waals surface area contributed by atoms with Crippen molar-refractivity contribution in [2.24, 2.45) is 0 Å². The van der Waals surface area contributed by atoms with Crippen LogP contribution in [0.1, 0.15) is 40.3 Å². The summed E-state index contributed by atoms with van der Waals surface area (Å²) in [5, 5.41) is 5.28. The zero-order valence-electron chi connectivity index (χ0n) is 16.2. The Balaban J connectivity index is 2.01. The van der Waals surface area contributed by atoms with Gasteiger partial charge < -0.3 is 15.1 Å². The fraction of sp³-hybridized carbons (Fsp3) is 0.368. The summed E-state index contributed by atoms with van der Waals surface area (Å²) in [6, 6.07) is 7.73. The van der Waals surface area contributed by atoms with Crippen molar-refractivity contribution in [3.8, 4) is 0 Å². The van der Waals surface area contributed by atoms with Gasteiger partial charge in [0.25, 0.3) is 11.8 Å². The van der Waals surface area contributed by atoms with Gasteiger partial charge in [-0.15, -0.1) is 0 Å². The van der Waals surface area contributed by atoms with Gasteiger partial charge >= 0.3 is 0 Å². The Bertz CT molecular complexity index is 919. The summed E-state index contributed by atoms with van der Waals surface area (Å²) < 4.78 is 31.9. The van der Waals surface area contributed by atoms with Crippen molar-refractivity contribution in [1.29, 1.82) is 0 Å². The molecule has 2 amide bonds. The maximum atomic E-state index is 12.8. The monoisotopic (exact) mass is 407 g/mol. The van der Waals surface area contributed by atoms with Crippen molar-refractivity contribution in [2.75, 3.05) is 26.2 Å². The molecule has 152 valence electrons. The molecule has 0 saturated heterocycles. The van der Waals surface area contributed by atoms with Gasteiger partial charge in [0.15, 0.2) is 5.76 Å². The smallest absolute Gasteiger partial charge is 0.287 e. The molecular formula is C19H25N3O5S. The molecule has 1 aromatic carbocycles. The van der Waals surface area contributed by atoms with Gasteiger partial charge in [-0.05, 0) is 36.8 Å². The van der Waals surface area contributed by atoms with Crippen molar-refractivity contribution in [3.05, 3.63) is 53.5 Å². The third-order valence-corrected chi connectivity index (χ3v) is 6.41. The number of nitrogens with zero attached hydrogens (tertiary/aromatic N) is 1. The zero-order valence-corrected chi connectivity index (χ0v) is 17.0. The van der Waals surface area contributed by atoms with Crippen LogP contribution in [0.3, 0.4) is 0 Å². The number of amides is 2. The number of hydrogen-bond donors (Lipinski definition) is 2. The van der Waals surface area contributed by atoms with E-state index in [0.29, 0.717) is 18.7 Å². The maximum Gasteiger partial charge on any atom is 0.287 e. The minimum Gasteiger partial charge on any atom is -0.459 e. The fourth-order valence-corrected chi connectivity index (χ4v) is 4.38. The van der Waals surface area contributed by atoms with Crippen LogP contribution in [0, 0.1) is 6.92 Å². The zero-order chi connectivity index (χ0) is 20.7. The van der Waals surface area contributed by atoms with Gasteiger partial charge in [-0.1, -0.05) is 19.9 Å². The summed E-state index contributed by atoms with van der Waals surface area (Å²) in [6.45, 7) is 6.34. The number of sulfonamides is 1. The standard InChI is InChI=1S/C19H25N3O5S/c1-4-22(5-2)28(25,26)17-13-15(9-8-14(17)3)18(23)20-10-11-21-19(24)16-7-6-12-27-16/h6-9,12-13H,4-5,10-11H2,1-3H3,(H,20,23)(H,21,24). The van der Waals surface area contributed by atoms with Crippen molar-refractivity contribution in [3.63, 3.8) is 0 Å². The second-order valence-corrected chi connectivity index (χ2v) is 7.97. The maximum absolute atomic E-state index is 12.8. The number of benzene rings is 1. The van der Waals surface area contributed by atoms with Crippen LogP contribution >= 0.6 is 0 Å².